The zero-order valence-corrected chi connectivity index (χ0v) is 16.1. The lowest BCUT2D eigenvalue weighted by molar-refractivity contribution is 0.100. The van der Waals surface area contributed by atoms with Crippen LogP contribution in [0.3, 0.4) is 0 Å². The number of piperidine rings is 1. The summed E-state index contributed by atoms with van der Waals surface area (Å²) in [5, 5.41) is 13.7. The molecule has 2 aromatic heterocycles. The van der Waals surface area contributed by atoms with E-state index in [0.29, 0.717) is 22.5 Å². The van der Waals surface area contributed by atoms with Crippen molar-refractivity contribution in [2.24, 2.45) is 5.73 Å². The van der Waals surface area contributed by atoms with Gasteiger partial charge >= 0.3 is 0 Å². The Hall–Kier alpha value is -2.92. The highest BCUT2D eigenvalue weighted by Crippen LogP contribution is 2.42. The van der Waals surface area contributed by atoms with Gasteiger partial charge in [-0.1, -0.05) is 23.5 Å². The number of thiazole rings is 1. The molecule has 2 saturated heterocycles. The number of fused-ring (bicyclic) bond motifs is 3. The Morgan fingerprint density at radius 2 is 2.07 bits per heavy atom. The number of hydrogen-bond donors (Lipinski definition) is 2. The van der Waals surface area contributed by atoms with Gasteiger partial charge in [0.1, 0.15) is 10.9 Å². The summed E-state index contributed by atoms with van der Waals surface area (Å²) in [5.74, 6) is -0.453. The molecule has 8 heteroatoms. The topological polar surface area (TPSA) is 108 Å². The average molecular weight is 392 g/mol. The fraction of sp³-hybridized carbons (Fsp3) is 0.400. The van der Waals surface area contributed by atoms with E-state index in [0.717, 1.165) is 54.2 Å². The van der Waals surface area contributed by atoms with Gasteiger partial charge < -0.3 is 16.0 Å². The van der Waals surface area contributed by atoms with Crippen LogP contribution in [-0.2, 0) is 6.42 Å². The van der Waals surface area contributed by atoms with Gasteiger partial charge in [0.25, 0.3) is 5.91 Å². The Morgan fingerprint density at radius 1 is 1.29 bits per heavy atom. The fourth-order valence-corrected chi connectivity index (χ4v) is 5.64. The molecule has 2 aromatic rings. The Balaban J connectivity index is 1.40. The number of nitriles is 1. The van der Waals surface area contributed by atoms with Crippen LogP contribution in [0.25, 0.3) is 6.08 Å². The number of hydrogen-bond acceptors (Lipinski definition) is 7. The third-order valence-electron chi connectivity index (χ3n) is 5.97. The molecule has 0 saturated carbocycles. The molecule has 1 amide bonds. The molecule has 0 radical (unpaired) electrons. The van der Waals surface area contributed by atoms with E-state index in [1.165, 1.54) is 11.3 Å². The second-order valence-electron chi connectivity index (χ2n) is 7.60. The summed E-state index contributed by atoms with van der Waals surface area (Å²) in [4.78, 5) is 23.9. The van der Waals surface area contributed by atoms with E-state index in [2.05, 4.69) is 32.3 Å². The summed E-state index contributed by atoms with van der Waals surface area (Å²) in [6.45, 7) is 0. The Labute approximate surface area is 166 Å². The van der Waals surface area contributed by atoms with Crippen LogP contribution in [0.4, 0.5) is 10.8 Å². The van der Waals surface area contributed by atoms with Crippen LogP contribution >= 0.6 is 11.3 Å². The molecule has 0 spiro atoms. The number of aromatic nitrogens is 2. The van der Waals surface area contributed by atoms with Crippen LogP contribution < -0.4 is 16.0 Å². The number of allylic oxidation sites excluding steroid dienone is 1. The predicted octanol–water partition coefficient (Wildman–Crippen LogP) is 2.69. The van der Waals surface area contributed by atoms with Gasteiger partial charge in [-0.05, 0) is 25.7 Å². The Morgan fingerprint density at radius 3 is 2.75 bits per heavy atom. The van der Waals surface area contributed by atoms with Crippen molar-refractivity contribution in [1.82, 2.24) is 9.97 Å². The molecule has 2 fully saturated rings. The Kier molecular flexibility index (Phi) is 4.05. The highest BCUT2D eigenvalue weighted by molar-refractivity contribution is 7.16. The van der Waals surface area contributed by atoms with Crippen LogP contribution in [0.1, 0.15) is 52.2 Å². The van der Waals surface area contributed by atoms with Gasteiger partial charge in [0.15, 0.2) is 5.13 Å². The zero-order valence-electron chi connectivity index (χ0n) is 15.3. The lowest BCUT2D eigenvalue weighted by atomic mass is 9.96. The van der Waals surface area contributed by atoms with E-state index in [9.17, 15) is 4.79 Å². The molecule has 4 heterocycles. The second kappa shape index (κ2) is 6.60. The number of amides is 1. The first-order valence-corrected chi connectivity index (χ1v) is 10.3. The van der Waals surface area contributed by atoms with Crippen LogP contribution in [0.15, 0.2) is 18.5 Å². The molecule has 3 N–H and O–H groups in total. The Bertz CT molecular complexity index is 1010. The third-order valence-corrected chi connectivity index (χ3v) is 6.88. The maximum Gasteiger partial charge on any atom is 0.252 e. The number of carbonyl (C=O) groups excluding carboxylic acids is 1. The SMILES string of the molecule is N#Cc1cnc(N2[C@@H]3CC[C@H]2CC(Nc2c(C(N)=O)cnc4c2C=CC4)C3)s1. The molecule has 5 rings (SSSR count). The third kappa shape index (κ3) is 2.74. The van der Waals surface area contributed by atoms with Crippen molar-refractivity contribution in [2.45, 2.75) is 50.2 Å². The maximum absolute atomic E-state index is 11.9. The standard InChI is InChI=1S/C20H20N6OS/c21-8-14-9-24-20(28-14)26-12-4-5-13(26)7-11(6-12)25-18-15-2-1-3-17(15)23-10-16(18)19(22)27/h1-2,9-13H,3-7H2,(H2,22,27)(H,23,25)/t11?,12-,13+. The quantitative estimate of drug-likeness (QED) is 0.828. The van der Waals surface area contributed by atoms with Gasteiger partial charge in [0.2, 0.25) is 0 Å². The summed E-state index contributed by atoms with van der Waals surface area (Å²) >= 11 is 1.47. The van der Waals surface area contributed by atoms with E-state index >= 15 is 0 Å². The van der Waals surface area contributed by atoms with E-state index in [4.69, 9.17) is 11.0 Å². The van der Waals surface area contributed by atoms with E-state index in [1.54, 1.807) is 12.4 Å². The minimum absolute atomic E-state index is 0.266. The number of nitrogens with two attached hydrogens (primary N) is 1. The van der Waals surface area contributed by atoms with Gasteiger partial charge in [-0.3, -0.25) is 9.78 Å². The molecule has 0 aromatic carbocycles. The summed E-state index contributed by atoms with van der Waals surface area (Å²) in [6.07, 6.45) is 12.3. The van der Waals surface area contributed by atoms with Crippen LogP contribution in [0.5, 0.6) is 0 Å². The van der Waals surface area contributed by atoms with Crippen molar-refractivity contribution in [3.05, 3.63) is 40.2 Å². The number of pyridine rings is 1. The molecular formula is C20H20N6OS. The van der Waals surface area contributed by atoms with E-state index < -0.39 is 5.91 Å². The minimum atomic E-state index is -0.453. The number of nitrogens with zero attached hydrogens (tertiary/aromatic N) is 4. The van der Waals surface area contributed by atoms with Crippen LogP contribution in [0, 0.1) is 11.3 Å². The van der Waals surface area contributed by atoms with Crippen LogP contribution in [-0.4, -0.2) is 34.0 Å². The lowest BCUT2D eigenvalue weighted by Gasteiger charge is -2.39. The lowest BCUT2D eigenvalue weighted by Crippen LogP contribution is -2.47. The molecule has 28 heavy (non-hydrogen) atoms. The van der Waals surface area contributed by atoms with Crippen LogP contribution in [0.2, 0.25) is 0 Å². The molecule has 1 aliphatic carbocycles. The number of nitrogens with one attached hydrogen (secondary N) is 1. The van der Waals surface area contributed by atoms with E-state index in [-0.39, 0.29) is 6.04 Å². The zero-order chi connectivity index (χ0) is 19.3. The van der Waals surface area contributed by atoms with Crippen molar-refractivity contribution < 1.29 is 4.79 Å². The molecule has 2 aliphatic heterocycles. The van der Waals surface area contributed by atoms with E-state index in [1.807, 2.05) is 6.08 Å². The number of anilines is 2. The first-order valence-electron chi connectivity index (χ1n) is 9.53. The van der Waals surface area contributed by atoms with Crippen molar-refractivity contribution in [3.8, 4) is 6.07 Å². The van der Waals surface area contributed by atoms with Gasteiger partial charge in [-0.15, -0.1) is 0 Å². The monoisotopic (exact) mass is 392 g/mol. The number of primary amides is 1. The van der Waals surface area contributed by atoms with Crippen molar-refractivity contribution in [3.63, 3.8) is 0 Å². The smallest absolute Gasteiger partial charge is 0.252 e. The van der Waals surface area contributed by atoms with Gasteiger partial charge in [-0.25, -0.2) is 4.98 Å². The summed E-state index contributed by atoms with van der Waals surface area (Å²) in [5.41, 5.74) is 8.87. The molecule has 142 valence electrons. The largest absolute Gasteiger partial charge is 0.381 e. The highest BCUT2D eigenvalue weighted by Gasteiger charge is 2.42. The fourth-order valence-electron chi connectivity index (χ4n) is 4.79. The molecule has 3 aliphatic rings. The molecule has 7 nitrogen and oxygen atoms in total. The van der Waals surface area contributed by atoms with Gasteiger partial charge in [0, 0.05) is 36.3 Å². The van der Waals surface area contributed by atoms with Crippen molar-refractivity contribution >= 4 is 34.1 Å². The molecule has 3 atom stereocenters. The first kappa shape index (κ1) is 17.2. The highest BCUT2D eigenvalue weighted by atomic mass is 32.1. The molecule has 2 bridgehead atoms. The predicted molar refractivity (Wildman–Crippen MR) is 108 cm³/mol. The molecular weight excluding hydrogens is 372 g/mol. The van der Waals surface area contributed by atoms with Crippen molar-refractivity contribution in [2.75, 3.05) is 10.2 Å². The normalized spacial score (nSPS) is 24.8. The number of rotatable bonds is 4. The summed E-state index contributed by atoms with van der Waals surface area (Å²) in [7, 11) is 0. The van der Waals surface area contributed by atoms with Gasteiger partial charge in [-0.2, -0.15) is 5.26 Å². The molecule has 1 unspecified atom stereocenters. The summed E-state index contributed by atoms with van der Waals surface area (Å²) in [6, 6.07) is 3.24. The summed E-state index contributed by atoms with van der Waals surface area (Å²) < 4.78 is 0. The maximum atomic E-state index is 11.9. The second-order valence-corrected chi connectivity index (χ2v) is 8.61. The van der Waals surface area contributed by atoms with Crippen molar-refractivity contribution in [1.29, 1.82) is 5.26 Å². The first-order chi connectivity index (χ1) is 13.6. The number of carbonyl (C=O) groups is 1. The van der Waals surface area contributed by atoms with Gasteiger partial charge in [0.05, 0.1) is 23.1 Å². The minimum Gasteiger partial charge on any atom is -0.381 e. The average Bonchev–Trinajstić information content (AvgIpc) is 3.39.